The molecule has 0 amide bonds. The Balaban J connectivity index is 0. The first kappa shape index (κ1) is 25.3. The topological polar surface area (TPSA) is 26.3 Å². The van der Waals surface area contributed by atoms with E-state index in [9.17, 15) is 4.79 Å². The van der Waals surface area contributed by atoms with Crippen molar-refractivity contribution in [2.75, 3.05) is 0 Å². The van der Waals surface area contributed by atoms with Crippen LogP contribution in [0.1, 0.15) is 86.0 Å². The van der Waals surface area contributed by atoms with Gasteiger partial charge in [0.15, 0.2) is 0 Å². The van der Waals surface area contributed by atoms with Gasteiger partial charge < -0.3 is 0 Å². The summed E-state index contributed by atoms with van der Waals surface area (Å²) in [5.41, 5.74) is 0. The molecule has 2 nitrogen and oxygen atoms in total. The molecule has 0 aliphatic heterocycles. The van der Waals surface area contributed by atoms with Crippen molar-refractivity contribution in [3.05, 3.63) is 0 Å². The summed E-state index contributed by atoms with van der Waals surface area (Å²) in [7, 11) is 0. The average molecular weight is 526 g/mol. The molecule has 2 radical (unpaired) electrons. The molecule has 0 saturated heterocycles. The first-order valence-corrected chi connectivity index (χ1v) is 19.2. The normalized spacial score (nSPS) is 10.3. The molecule has 0 spiro atoms. The van der Waals surface area contributed by atoms with Gasteiger partial charge in [-0.1, -0.05) is 0 Å². The Morgan fingerprint density at radius 1 is 0.818 bits per heavy atom. The first-order chi connectivity index (χ1) is 10.6. The molecule has 0 rings (SSSR count). The van der Waals surface area contributed by atoms with Gasteiger partial charge in [0, 0.05) is 0 Å². The predicted octanol–water partition coefficient (Wildman–Crippen LogP) is 6.00. The van der Waals surface area contributed by atoms with Crippen LogP contribution >= 0.6 is 0 Å². The van der Waals surface area contributed by atoms with Crippen LogP contribution in [0.15, 0.2) is 0 Å². The fourth-order valence-corrected chi connectivity index (χ4v) is 14.2. The van der Waals surface area contributed by atoms with Crippen molar-refractivity contribution < 1.29 is 7.87 Å². The van der Waals surface area contributed by atoms with E-state index in [-0.39, 0.29) is 5.97 Å². The summed E-state index contributed by atoms with van der Waals surface area (Å²) in [6, 6.07) is 0. The van der Waals surface area contributed by atoms with E-state index < -0.39 is 41.3 Å². The van der Waals surface area contributed by atoms with Crippen molar-refractivity contribution in [2.45, 2.75) is 104 Å². The summed E-state index contributed by atoms with van der Waals surface area (Å²) in [6.07, 6.45) is 11.3. The molecule has 4 heteroatoms. The van der Waals surface area contributed by atoms with Crippen LogP contribution < -0.4 is 0 Å². The van der Waals surface area contributed by atoms with Gasteiger partial charge in [-0.05, 0) is 0 Å². The van der Waals surface area contributed by atoms with Crippen LogP contribution in [0.3, 0.4) is 0 Å². The van der Waals surface area contributed by atoms with Gasteiger partial charge in [0.2, 0.25) is 0 Å². The Hall–Kier alpha value is 1.07. The molecule has 0 aromatic rings. The zero-order valence-corrected chi connectivity index (χ0v) is 22.0. The van der Waals surface area contributed by atoms with Crippen molar-refractivity contribution in [3.63, 3.8) is 0 Å². The van der Waals surface area contributed by atoms with Crippen molar-refractivity contribution in [1.82, 2.24) is 0 Å². The van der Waals surface area contributed by atoms with Crippen LogP contribution in [0.4, 0.5) is 0 Å². The molecule has 0 aromatic carbocycles. The third-order valence-corrected chi connectivity index (χ3v) is 15.9. The molecule has 0 atom stereocenters. The van der Waals surface area contributed by atoms with Crippen LogP contribution in [-0.4, -0.2) is 47.3 Å². The Morgan fingerprint density at radius 2 is 1.23 bits per heavy atom. The number of hydrogen-bond acceptors (Lipinski definition) is 2. The average Bonchev–Trinajstić information content (AvgIpc) is 2.51. The standard InChI is InChI=1S/4C4H9.C2H4O2.2Sn.H/c4*1-3-4-2;1-2(3)4;;;/h4*1,3-4H2,2H3;1H3,(H,3,4);;;/q;;;;;;+1;/p-1. The number of unbranched alkanes of at least 4 members (excludes halogenated alkanes) is 4. The second-order valence-corrected chi connectivity index (χ2v) is 17.8. The third kappa shape index (κ3) is 23.3. The van der Waals surface area contributed by atoms with Gasteiger partial charge >= 0.3 is 159 Å². The van der Waals surface area contributed by atoms with E-state index in [0.29, 0.717) is 0 Å². The van der Waals surface area contributed by atoms with Gasteiger partial charge in [-0.3, -0.25) is 0 Å². The minimum absolute atomic E-state index is 0.0905. The fourth-order valence-electron chi connectivity index (χ4n) is 2.12. The number of rotatable bonds is 13. The molecule has 0 aliphatic carbocycles. The summed E-state index contributed by atoms with van der Waals surface area (Å²) in [4.78, 5) is 10.2. The monoisotopic (exact) mass is 528 g/mol. The summed E-state index contributed by atoms with van der Waals surface area (Å²) >= 11 is -1.73. The van der Waals surface area contributed by atoms with Crippen molar-refractivity contribution in [1.29, 1.82) is 0 Å². The van der Waals surface area contributed by atoms with Gasteiger partial charge in [0.25, 0.3) is 0 Å². The van der Waals surface area contributed by atoms with Gasteiger partial charge in [0.1, 0.15) is 0 Å². The zero-order valence-electron chi connectivity index (χ0n) is 15.9. The Bertz CT molecular complexity index is 204. The van der Waals surface area contributed by atoms with Gasteiger partial charge in [0.05, 0.1) is 0 Å². The van der Waals surface area contributed by atoms with Crippen LogP contribution in [0, 0.1) is 0 Å². The zero-order chi connectivity index (χ0) is 17.1. The van der Waals surface area contributed by atoms with Crippen molar-refractivity contribution >= 4 is 47.3 Å². The molecule has 0 saturated carbocycles. The van der Waals surface area contributed by atoms with Crippen LogP contribution in [-0.2, 0) is 7.87 Å². The molecule has 0 fully saturated rings. The van der Waals surface area contributed by atoms with E-state index in [1.165, 1.54) is 62.7 Å². The van der Waals surface area contributed by atoms with E-state index in [0.717, 1.165) is 0 Å². The van der Waals surface area contributed by atoms with E-state index in [1.54, 1.807) is 13.3 Å². The van der Waals surface area contributed by atoms with E-state index in [1.807, 2.05) is 0 Å². The summed E-state index contributed by atoms with van der Waals surface area (Å²) in [5.74, 6) is -0.0905. The molecular formula is C18H40O2Sn2. The molecule has 0 unspecified atom stereocenters. The minimum atomic E-state index is -0.895. The SMILES string of the molecule is CCC[CH2][SnH][O]C(C)=O.CCC[CH2][Sn]([CH2]CCC)[CH2]CCC. The Morgan fingerprint density at radius 3 is 1.55 bits per heavy atom. The second kappa shape index (κ2) is 22.1. The van der Waals surface area contributed by atoms with Crippen molar-refractivity contribution in [2.24, 2.45) is 0 Å². The number of carbonyl (C=O) groups excluding carboxylic acids is 1. The Labute approximate surface area is 158 Å². The molecule has 0 aromatic heterocycles. The van der Waals surface area contributed by atoms with E-state index in [2.05, 4.69) is 27.7 Å². The van der Waals surface area contributed by atoms with Crippen LogP contribution in [0.2, 0.25) is 17.7 Å². The maximum atomic E-state index is 10.2. The second-order valence-electron chi connectivity index (χ2n) is 5.98. The van der Waals surface area contributed by atoms with Gasteiger partial charge in [-0.15, -0.1) is 0 Å². The quantitative estimate of drug-likeness (QED) is 0.218. The summed E-state index contributed by atoms with van der Waals surface area (Å²) in [6.45, 7) is 10.6. The molecular weight excluding hydrogens is 486 g/mol. The third-order valence-electron chi connectivity index (χ3n) is 3.58. The first-order valence-electron chi connectivity index (χ1n) is 9.44. The summed E-state index contributed by atoms with van der Waals surface area (Å²) in [5, 5.41) is 0. The van der Waals surface area contributed by atoms with Gasteiger partial charge in [-0.25, -0.2) is 0 Å². The van der Waals surface area contributed by atoms with Gasteiger partial charge in [-0.2, -0.15) is 0 Å². The molecule has 132 valence electrons. The van der Waals surface area contributed by atoms with Crippen LogP contribution in [0.25, 0.3) is 0 Å². The van der Waals surface area contributed by atoms with Crippen LogP contribution in [0.5, 0.6) is 0 Å². The van der Waals surface area contributed by atoms with E-state index in [4.69, 9.17) is 3.07 Å². The number of carbonyl (C=O) groups is 1. The molecule has 0 N–H and O–H groups in total. The number of hydrogen-bond donors (Lipinski definition) is 0. The molecule has 22 heavy (non-hydrogen) atoms. The Kier molecular flexibility index (Phi) is 25.4. The predicted molar refractivity (Wildman–Crippen MR) is 104 cm³/mol. The molecule has 0 bridgehead atoms. The fraction of sp³-hybridized carbons (Fsp3) is 0.944. The molecule has 0 aliphatic rings. The maximum absolute atomic E-state index is 10.2. The van der Waals surface area contributed by atoms with E-state index >= 15 is 0 Å². The van der Waals surface area contributed by atoms with Crippen molar-refractivity contribution in [3.8, 4) is 0 Å². The summed E-state index contributed by atoms with van der Waals surface area (Å²) < 4.78 is 11.1. The molecule has 0 heterocycles.